The van der Waals surface area contributed by atoms with E-state index in [0.717, 1.165) is 10.9 Å². The molecule has 1 heterocycles. The summed E-state index contributed by atoms with van der Waals surface area (Å²) in [4.78, 5) is 20.7. The molecular weight excluding hydrogens is 201 g/mol. The van der Waals surface area contributed by atoms with E-state index in [1.165, 1.54) is 0 Å². The van der Waals surface area contributed by atoms with Crippen molar-refractivity contribution in [3.8, 4) is 0 Å². The second-order valence-corrected chi connectivity index (χ2v) is 4.83. The maximum atomic E-state index is 10.8. The van der Waals surface area contributed by atoms with Crippen LogP contribution in [0.5, 0.6) is 0 Å². The van der Waals surface area contributed by atoms with E-state index in [0.29, 0.717) is 5.56 Å². The zero-order valence-corrected chi connectivity index (χ0v) is 8.24. The van der Waals surface area contributed by atoms with Crippen molar-refractivity contribution in [3.63, 3.8) is 0 Å². The smallest absolute Gasteiger partial charge is 0.329 e. The Morgan fingerprint density at radius 1 is 1.29 bits per heavy atom. The zero-order valence-electron chi connectivity index (χ0n) is 7.34. The van der Waals surface area contributed by atoms with Crippen molar-refractivity contribution in [2.75, 3.05) is 0 Å². The average molecular weight is 211 g/mol. The first-order valence-corrected chi connectivity index (χ1v) is 5.95. The van der Waals surface area contributed by atoms with Crippen LogP contribution in [0, 0.1) is 0 Å². The van der Waals surface area contributed by atoms with Gasteiger partial charge in [-0.05, 0) is 11.6 Å². The summed E-state index contributed by atoms with van der Waals surface area (Å²) in [7, 11) is -3.98. The predicted molar refractivity (Wildman–Crippen MR) is 54.0 cm³/mol. The number of para-hydroxylation sites is 1. The van der Waals surface area contributed by atoms with E-state index in [-0.39, 0.29) is 6.16 Å². The van der Waals surface area contributed by atoms with Crippen molar-refractivity contribution in [1.82, 2.24) is 4.98 Å². The van der Waals surface area contributed by atoms with Gasteiger partial charge in [-0.25, -0.2) is 0 Å². The van der Waals surface area contributed by atoms with Crippen molar-refractivity contribution < 1.29 is 14.4 Å². The number of hydrogen-bond donors (Lipinski definition) is 3. The second-order valence-electron chi connectivity index (χ2n) is 3.18. The molecule has 14 heavy (non-hydrogen) atoms. The summed E-state index contributed by atoms with van der Waals surface area (Å²) in [6.45, 7) is 0. The second kappa shape index (κ2) is 3.24. The highest BCUT2D eigenvalue weighted by Gasteiger charge is 2.16. The first-order chi connectivity index (χ1) is 6.56. The lowest BCUT2D eigenvalue weighted by atomic mass is 10.2. The lowest BCUT2D eigenvalue weighted by molar-refractivity contribution is 0.372. The Kier molecular flexibility index (Phi) is 2.19. The molecule has 0 spiro atoms. The molecule has 5 heteroatoms. The van der Waals surface area contributed by atoms with Crippen LogP contribution in [-0.2, 0) is 10.7 Å². The van der Waals surface area contributed by atoms with Gasteiger partial charge in [-0.15, -0.1) is 0 Å². The van der Waals surface area contributed by atoms with Gasteiger partial charge in [0, 0.05) is 17.1 Å². The molecule has 4 nitrogen and oxygen atoms in total. The molecule has 0 aliphatic carbocycles. The first-order valence-electron chi connectivity index (χ1n) is 4.16. The fraction of sp³-hybridized carbons (Fsp3) is 0.111. The van der Waals surface area contributed by atoms with Crippen LogP contribution in [0.2, 0.25) is 0 Å². The summed E-state index contributed by atoms with van der Waals surface area (Å²) in [5, 5.41) is 0.871. The van der Waals surface area contributed by atoms with Crippen molar-refractivity contribution >= 4 is 18.5 Å². The van der Waals surface area contributed by atoms with E-state index >= 15 is 0 Å². The zero-order chi connectivity index (χ0) is 10.2. The highest BCUT2D eigenvalue weighted by atomic mass is 31.2. The molecule has 1 aromatic heterocycles. The Bertz CT molecular complexity index is 499. The third-order valence-corrected chi connectivity index (χ3v) is 2.80. The Hall–Kier alpha value is -1.09. The molecule has 0 amide bonds. The molecule has 0 unspecified atom stereocenters. The first kappa shape index (κ1) is 9.46. The van der Waals surface area contributed by atoms with Gasteiger partial charge in [-0.3, -0.25) is 4.57 Å². The minimum Gasteiger partial charge on any atom is -0.361 e. The van der Waals surface area contributed by atoms with Crippen molar-refractivity contribution in [2.45, 2.75) is 6.16 Å². The van der Waals surface area contributed by atoms with Gasteiger partial charge in [0.2, 0.25) is 0 Å². The molecule has 0 radical (unpaired) electrons. The molecule has 0 bridgehead atoms. The standard InChI is InChI=1S/C9H10NO3P/c11-14(12,13)6-7-5-10-9-4-2-1-3-8(7)9/h1-5,10H,6H2,(H2,11,12,13). The summed E-state index contributed by atoms with van der Waals surface area (Å²) < 4.78 is 10.8. The third kappa shape index (κ3) is 1.87. The molecule has 0 saturated carbocycles. The molecule has 0 aliphatic rings. The fourth-order valence-corrected chi connectivity index (χ4v) is 2.19. The summed E-state index contributed by atoms with van der Waals surface area (Å²) in [6.07, 6.45) is 1.43. The van der Waals surface area contributed by atoms with E-state index in [4.69, 9.17) is 9.79 Å². The number of rotatable bonds is 2. The van der Waals surface area contributed by atoms with E-state index in [1.807, 2.05) is 24.3 Å². The van der Waals surface area contributed by atoms with Gasteiger partial charge >= 0.3 is 7.60 Å². The quantitative estimate of drug-likeness (QED) is 0.663. The van der Waals surface area contributed by atoms with Gasteiger partial charge in [0.15, 0.2) is 0 Å². The number of benzene rings is 1. The normalized spacial score (nSPS) is 12.1. The van der Waals surface area contributed by atoms with Gasteiger partial charge < -0.3 is 14.8 Å². The number of aromatic nitrogens is 1. The van der Waals surface area contributed by atoms with Crippen LogP contribution in [0.15, 0.2) is 30.5 Å². The van der Waals surface area contributed by atoms with Crippen LogP contribution in [0.1, 0.15) is 5.56 Å². The van der Waals surface area contributed by atoms with Crippen LogP contribution in [-0.4, -0.2) is 14.8 Å². The monoisotopic (exact) mass is 211 g/mol. The third-order valence-electron chi connectivity index (χ3n) is 2.05. The molecule has 0 atom stereocenters. The molecule has 3 N–H and O–H groups in total. The van der Waals surface area contributed by atoms with Crippen molar-refractivity contribution in [2.24, 2.45) is 0 Å². The minimum absolute atomic E-state index is 0.211. The Labute approximate surface area is 80.7 Å². The summed E-state index contributed by atoms with van der Waals surface area (Å²) in [5.41, 5.74) is 1.56. The molecule has 74 valence electrons. The van der Waals surface area contributed by atoms with Gasteiger partial charge in [0.1, 0.15) is 0 Å². The van der Waals surface area contributed by atoms with E-state index in [2.05, 4.69) is 4.98 Å². The van der Waals surface area contributed by atoms with Gasteiger partial charge in [-0.1, -0.05) is 18.2 Å². The summed E-state index contributed by atoms with van der Waals surface area (Å²) in [5.74, 6) is 0. The number of nitrogens with one attached hydrogen (secondary N) is 1. The molecule has 0 saturated heterocycles. The number of H-pyrrole nitrogens is 1. The predicted octanol–water partition coefficient (Wildman–Crippen LogP) is 1.85. The maximum absolute atomic E-state index is 10.8. The van der Waals surface area contributed by atoms with E-state index in [1.54, 1.807) is 6.20 Å². The van der Waals surface area contributed by atoms with Crippen LogP contribution in [0.3, 0.4) is 0 Å². The summed E-state index contributed by atoms with van der Waals surface area (Å²) >= 11 is 0. The highest BCUT2D eigenvalue weighted by Crippen LogP contribution is 2.40. The lowest BCUT2D eigenvalue weighted by Gasteiger charge is -2.01. The maximum Gasteiger partial charge on any atom is 0.329 e. The number of hydrogen-bond acceptors (Lipinski definition) is 1. The van der Waals surface area contributed by atoms with Gasteiger partial charge in [0.25, 0.3) is 0 Å². The van der Waals surface area contributed by atoms with E-state index < -0.39 is 7.60 Å². The Morgan fingerprint density at radius 3 is 2.71 bits per heavy atom. The van der Waals surface area contributed by atoms with Crippen LogP contribution in [0.25, 0.3) is 10.9 Å². The Morgan fingerprint density at radius 2 is 2.00 bits per heavy atom. The van der Waals surface area contributed by atoms with Crippen LogP contribution < -0.4 is 0 Å². The molecular formula is C9H10NO3P. The summed E-state index contributed by atoms with van der Waals surface area (Å²) in [6, 6.07) is 7.44. The number of fused-ring (bicyclic) bond motifs is 1. The largest absolute Gasteiger partial charge is 0.361 e. The van der Waals surface area contributed by atoms with Crippen molar-refractivity contribution in [3.05, 3.63) is 36.0 Å². The number of aromatic amines is 1. The van der Waals surface area contributed by atoms with Gasteiger partial charge in [0.05, 0.1) is 6.16 Å². The van der Waals surface area contributed by atoms with Crippen LogP contribution in [0.4, 0.5) is 0 Å². The minimum atomic E-state index is -3.98. The lowest BCUT2D eigenvalue weighted by Crippen LogP contribution is -1.84. The molecule has 0 aliphatic heterocycles. The molecule has 0 fully saturated rings. The van der Waals surface area contributed by atoms with E-state index in [9.17, 15) is 4.57 Å². The topological polar surface area (TPSA) is 73.3 Å². The average Bonchev–Trinajstić information content (AvgIpc) is 2.47. The molecule has 2 rings (SSSR count). The highest BCUT2D eigenvalue weighted by molar-refractivity contribution is 7.50. The SMILES string of the molecule is O=P(O)(O)Cc1c[nH]c2ccccc12. The van der Waals surface area contributed by atoms with Crippen molar-refractivity contribution in [1.29, 1.82) is 0 Å². The van der Waals surface area contributed by atoms with Crippen LogP contribution >= 0.6 is 7.60 Å². The fourth-order valence-electron chi connectivity index (χ4n) is 1.48. The molecule has 1 aromatic carbocycles. The molecule has 2 aromatic rings. The Balaban J connectivity index is 2.49. The van der Waals surface area contributed by atoms with Gasteiger partial charge in [-0.2, -0.15) is 0 Å².